The summed E-state index contributed by atoms with van der Waals surface area (Å²) in [7, 11) is 0. The largest absolute Gasteiger partial charge is 0.508 e. The number of halogens is 1. The molecule has 0 aliphatic heterocycles. The molecule has 1 N–H and O–H groups in total. The molecule has 0 bridgehead atoms. The fraction of sp³-hybridized carbons (Fsp3) is 0.400. The van der Waals surface area contributed by atoms with Gasteiger partial charge in [0.2, 0.25) is 0 Å². The van der Waals surface area contributed by atoms with Crippen molar-refractivity contribution in [3.63, 3.8) is 0 Å². The lowest BCUT2D eigenvalue weighted by Crippen LogP contribution is -2.02. The minimum atomic E-state index is 0.183. The second-order valence-corrected chi connectivity index (χ2v) is 4.05. The Morgan fingerprint density at radius 2 is 2.15 bits per heavy atom. The van der Waals surface area contributed by atoms with Crippen LogP contribution in [0.1, 0.15) is 19.4 Å². The number of benzene rings is 1. The third kappa shape index (κ3) is 3.36. The molecule has 1 rings (SSSR count). The predicted molar refractivity (Wildman–Crippen MR) is 55.7 cm³/mol. The SMILES string of the molecule is CC(C)OCc1ccc(Br)cc1O. The van der Waals surface area contributed by atoms with E-state index in [2.05, 4.69) is 15.9 Å². The van der Waals surface area contributed by atoms with Crippen molar-refractivity contribution in [1.29, 1.82) is 0 Å². The van der Waals surface area contributed by atoms with Gasteiger partial charge < -0.3 is 9.84 Å². The van der Waals surface area contributed by atoms with Gasteiger partial charge in [-0.3, -0.25) is 0 Å². The molecular formula is C10H13BrO2. The molecule has 0 spiro atoms. The topological polar surface area (TPSA) is 29.5 Å². The van der Waals surface area contributed by atoms with Crippen molar-refractivity contribution in [2.24, 2.45) is 0 Å². The summed E-state index contributed by atoms with van der Waals surface area (Å²) < 4.78 is 6.25. The first kappa shape index (κ1) is 10.5. The molecule has 0 heterocycles. The Morgan fingerprint density at radius 1 is 1.46 bits per heavy atom. The molecule has 3 heteroatoms. The molecule has 72 valence electrons. The summed E-state index contributed by atoms with van der Waals surface area (Å²) in [5, 5.41) is 9.49. The van der Waals surface area contributed by atoms with Crippen LogP contribution in [-0.2, 0) is 11.3 Å². The number of ether oxygens (including phenoxy) is 1. The second-order valence-electron chi connectivity index (χ2n) is 3.13. The maximum absolute atomic E-state index is 9.49. The van der Waals surface area contributed by atoms with Crippen LogP contribution in [0.15, 0.2) is 22.7 Å². The lowest BCUT2D eigenvalue weighted by atomic mass is 10.2. The third-order valence-electron chi connectivity index (χ3n) is 1.62. The molecule has 0 amide bonds. The molecule has 0 unspecified atom stereocenters. The Balaban J connectivity index is 2.67. The van der Waals surface area contributed by atoms with Gasteiger partial charge in [-0.05, 0) is 26.0 Å². The van der Waals surface area contributed by atoms with E-state index in [0.717, 1.165) is 10.0 Å². The van der Waals surface area contributed by atoms with E-state index in [-0.39, 0.29) is 11.9 Å². The van der Waals surface area contributed by atoms with Crippen LogP contribution >= 0.6 is 15.9 Å². The summed E-state index contributed by atoms with van der Waals surface area (Å²) in [6, 6.07) is 5.40. The first-order valence-electron chi connectivity index (χ1n) is 4.18. The number of hydrogen-bond acceptors (Lipinski definition) is 2. The van der Waals surface area contributed by atoms with Crippen molar-refractivity contribution < 1.29 is 9.84 Å². The Hall–Kier alpha value is -0.540. The molecular weight excluding hydrogens is 232 g/mol. The molecule has 0 atom stereocenters. The van der Waals surface area contributed by atoms with Crippen LogP contribution in [0.25, 0.3) is 0 Å². The van der Waals surface area contributed by atoms with Crippen LogP contribution < -0.4 is 0 Å². The quantitative estimate of drug-likeness (QED) is 0.886. The maximum Gasteiger partial charge on any atom is 0.122 e. The van der Waals surface area contributed by atoms with Crippen molar-refractivity contribution >= 4 is 15.9 Å². The second kappa shape index (κ2) is 4.63. The fourth-order valence-corrected chi connectivity index (χ4v) is 1.26. The molecule has 0 saturated heterocycles. The van der Waals surface area contributed by atoms with Gasteiger partial charge in [-0.1, -0.05) is 22.0 Å². The minimum Gasteiger partial charge on any atom is -0.508 e. The highest BCUT2D eigenvalue weighted by Gasteiger charge is 2.02. The zero-order chi connectivity index (χ0) is 9.84. The normalized spacial score (nSPS) is 10.8. The summed E-state index contributed by atoms with van der Waals surface area (Å²) in [6.45, 7) is 4.39. The first-order chi connectivity index (χ1) is 6.09. The number of phenols is 1. The monoisotopic (exact) mass is 244 g/mol. The minimum absolute atomic E-state index is 0.183. The Kier molecular flexibility index (Phi) is 3.75. The van der Waals surface area contributed by atoms with Crippen LogP contribution in [0, 0.1) is 0 Å². The van der Waals surface area contributed by atoms with Gasteiger partial charge >= 0.3 is 0 Å². The third-order valence-corrected chi connectivity index (χ3v) is 2.11. The molecule has 2 nitrogen and oxygen atoms in total. The summed E-state index contributed by atoms with van der Waals surface area (Å²) in [5.74, 6) is 0.273. The highest BCUT2D eigenvalue weighted by atomic mass is 79.9. The summed E-state index contributed by atoms with van der Waals surface area (Å²) >= 11 is 3.28. The number of aromatic hydroxyl groups is 1. The van der Waals surface area contributed by atoms with Gasteiger partial charge in [0.05, 0.1) is 12.7 Å². The number of rotatable bonds is 3. The highest BCUT2D eigenvalue weighted by Crippen LogP contribution is 2.23. The van der Waals surface area contributed by atoms with E-state index in [9.17, 15) is 5.11 Å². The molecule has 0 fully saturated rings. The molecule has 0 aliphatic carbocycles. The standard InChI is InChI=1S/C10H13BrO2/c1-7(2)13-6-8-3-4-9(11)5-10(8)12/h3-5,7,12H,6H2,1-2H3. The Labute approximate surface area is 86.7 Å². The smallest absolute Gasteiger partial charge is 0.122 e. The van der Waals surface area contributed by atoms with Gasteiger partial charge in [-0.25, -0.2) is 0 Å². The Bertz CT molecular complexity index is 284. The molecule has 13 heavy (non-hydrogen) atoms. The van der Waals surface area contributed by atoms with E-state index >= 15 is 0 Å². The van der Waals surface area contributed by atoms with E-state index in [1.165, 1.54) is 0 Å². The van der Waals surface area contributed by atoms with E-state index in [1.807, 2.05) is 26.0 Å². The lowest BCUT2D eigenvalue weighted by Gasteiger charge is -2.08. The van der Waals surface area contributed by atoms with E-state index in [1.54, 1.807) is 6.07 Å². The van der Waals surface area contributed by atoms with Crippen molar-refractivity contribution in [3.05, 3.63) is 28.2 Å². The first-order valence-corrected chi connectivity index (χ1v) is 4.98. The maximum atomic E-state index is 9.49. The fourth-order valence-electron chi connectivity index (χ4n) is 0.916. The molecule has 0 aliphatic rings. The van der Waals surface area contributed by atoms with Crippen LogP contribution in [0.3, 0.4) is 0 Å². The predicted octanol–water partition coefficient (Wildman–Crippen LogP) is 3.08. The van der Waals surface area contributed by atoms with Crippen LogP contribution in [0.4, 0.5) is 0 Å². The van der Waals surface area contributed by atoms with E-state index < -0.39 is 0 Å². The van der Waals surface area contributed by atoms with Crippen molar-refractivity contribution in [2.45, 2.75) is 26.6 Å². The Morgan fingerprint density at radius 3 is 2.69 bits per heavy atom. The highest BCUT2D eigenvalue weighted by molar-refractivity contribution is 9.10. The summed E-state index contributed by atoms with van der Waals surface area (Å²) in [5.41, 5.74) is 0.817. The van der Waals surface area contributed by atoms with E-state index in [4.69, 9.17) is 4.74 Å². The van der Waals surface area contributed by atoms with Gasteiger partial charge in [0.25, 0.3) is 0 Å². The lowest BCUT2D eigenvalue weighted by molar-refractivity contribution is 0.0645. The van der Waals surface area contributed by atoms with Crippen LogP contribution in [0.5, 0.6) is 5.75 Å². The molecule has 0 saturated carbocycles. The summed E-state index contributed by atoms with van der Waals surface area (Å²) in [6.07, 6.45) is 0.183. The zero-order valence-corrected chi connectivity index (χ0v) is 9.34. The molecule has 0 aromatic heterocycles. The number of phenolic OH excluding ortho intramolecular Hbond substituents is 1. The number of hydrogen-bond donors (Lipinski definition) is 1. The summed E-state index contributed by atoms with van der Waals surface area (Å²) in [4.78, 5) is 0. The molecule has 1 aromatic rings. The van der Waals surface area contributed by atoms with Gasteiger partial charge in [0, 0.05) is 10.0 Å². The van der Waals surface area contributed by atoms with Crippen molar-refractivity contribution in [2.75, 3.05) is 0 Å². The zero-order valence-electron chi connectivity index (χ0n) is 7.75. The average Bonchev–Trinajstić information content (AvgIpc) is 2.02. The van der Waals surface area contributed by atoms with Crippen molar-refractivity contribution in [1.82, 2.24) is 0 Å². The molecule has 0 radical (unpaired) electrons. The van der Waals surface area contributed by atoms with Gasteiger partial charge in [0.1, 0.15) is 5.75 Å². The van der Waals surface area contributed by atoms with Crippen LogP contribution in [-0.4, -0.2) is 11.2 Å². The van der Waals surface area contributed by atoms with Crippen LogP contribution in [0.2, 0.25) is 0 Å². The van der Waals surface area contributed by atoms with Gasteiger partial charge in [-0.15, -0.1) is 0 Å². The molecule has 1 aromatic carbocycles. The van der Waals surface area contributed by atoms with E-state index in [0.29, 0.717) is 6.61 Å². The van der Waals surface area contributed by atoms with Crippen molar-refractivity contribution in [3.8, 4) is 5.75 Å². The average molecular weight is 245 g/mol. The van der Waals surface area contributed by atoms with Gasteiger partial charge in [0.15, 0.2) is 0 Å². The van der Waals surface area contributed by atoms with Gasteiger partial charge in [-0.2, -0.15) is 0 Å².